The number of nitrogens with zero attached hydrogens (tertiary/aromatic N) is 2. The largest absolute Gasteiger partial charge is 0.272 e. The number of non-ortho nitro benzene ring substituents is 1. The number of halogens is 2. The van der Waals surface area contributed by atoms with E-state index in [2.05, 4.69) is 6.07 Å². The third-order valence-corrected chi connectivity index (χ3v) is 5.09. The van der Waals surface area contributed by atoms with Crippen LogP contribution in [0.2, 0.25) is 10.0 Å². The van der Waals surface area contributed by atoms with E-state index < -0.39 is 4.92 Å². The molecular weight excluding hydrogens is 347 g/mol. The van der Waals surface area contributed by atoms with E-state index in [1.807, 2.05) is 12.1 Å². The van der Waals surface area contributed by atoms with Crippen LogP contribution in [0, 0.1) is 27.4 Å². The number of nitriles is 1. The fourth-order valence-electron chi connectivity index (χ4n) is 2.96. The highest BCUT2D eigenvalue weighted by atomic mass is 35.5. The summed E-state index contributed by atoms with van der Waals surface area (Å²) in [6, 6.07) is 10.3. The van der Waals surface area contributed by atoms with Gasteiger partial charge >= 0.3 is 0 Å². The molecule has 1 fully saturated rings. The highest BCUT2D eigenvalue weighted by Crippen LogP contribution is 2.39. The zero-order valence-corrected chi connectivity index (χ0v) is 14.3. The van der Waals surface area contributed by atoms with Gasteiger partial charge in [0.2, 0.25) is 0 Å². The molecule has 24 heavy (non-hydrogen) atoms. The fraction of sp³-hybridized carbons (Fsp3) is 0.278. The van der Waals surface area contributed by atoms with E-state index in [0.717, 1.165) is 12.0 Å². The average molecular weight is 361 g/mol. The van der Waals surface area contributed by atoms with Gasteiger partial charge in [0.25, 0.3) is 5.69 Å². The number of benzene rings is 2. The summed E-state index contributed by atoms with van der Waals surface area (Å²) in [6.07, 6.45) is 4.60. The molecule has 2 aromatic rings. The molecule has 1 aliphatic carbocycles. The summed E-state index contributed by atoms with van der Waals surface area (Å²) in [7, 11) is 0. The Morgan fingerprint density at radius 1 is 1.21 bits per heavy atom. The van der Waals surface area contributed by atoms with Crippen molar-refractivity contribution in [3.63, 3.8) is 0 Å². The quantitative estimate of drug-likeness (QED) is 0.512. The Morgan fingerprint density at radius 2 is 1.88 bits per heavy atom. The zero-order valence-electron chi connectivity index (χ0n) is 12.8. The van der Waals surface area contributed by atoms with Gasteiger partial charge in [-0.25, -0.2) is 0 Å². The van der Waals surface area contributed by atoms with Crippen LogP contribution >= 0.6 is 23.2 Å². The third kappa shape index (κ3) is 3.24. The molecule has 0 N–H and O–H groups in total. The highest BCUT2D eigenvalue weighted by molar-refractivity contribution is 6.39. The van der Waals surface area contributed by atoms with E-state index in [0.29, 0.717) is 22.6 Å². The maximum atomic E-state index is 10.9. The summed E-state index contributed by atoms with van der Waals surface area (Å²) in [4.78, 5) is 10.3. The normalized spacial score (nSPS) is 14.0. The van der Waals surface area contributed by atoms with Crippen LogP contribution in [0.1, 0.15) is 30.4 Å². The number of hydrogen-bond donors (Lipinski definition) is 0. The molecule has 4 nitrogen and oxygen atoms in total. The smallest absolute Gasteiger partial charge is 0.258 e. The van der Waals surface area contributed by atoms with Crippen LogP contribution in [-0.4, -0.2) is 4.92 Å². The molecule has 0 radical (unpaired) electrons. The van der Waals surface area contributed by atoms with Gasteiger partial charge in [0.1, 0.15) is 0 Å². The Kier molecular flexibility index (Phi) is 4.75. The molecule has 0 amide bonds. The van der Waals surface area contributed by atoms with E-state index in [9.17, 15) is 15.4 Å². The average Bonchev–Trinajstić information content (AvgIpc) is 2.50. The van der Waals surface area contributed by atoms with Crippen LogP contribution < -0.4 is 0 Å². The maximum absolute atomic E-state index is 10.9. The van der Waals surface area contributed by atoms with E-state index >= 15 is 0 Å². The molecule has 3 rings (SSSR count). The summed E-state index contributed by atoms with van der Waals surface area (Å²) < 4.78 is 0. The molecule has 6 heteroatoms. The maximum Gasteiger partial charge on any atom is 0.272 e. The van der Waals surface area contributed by atoms with E-state index in [4.69, 9.17) is 23.2 Å². The van der Waals surface area contributed by atoms with E-state index in [1.165, 1.54) is 31.4 Å². The van der Waals surface area contributed by atoms with Crippen LogP contribution in [0.3, 0.4) is 0 Å². The number of nitro benzene ring substituents is 1. The van der Waals surface area contributed by atoms with E-state index in [-0.39, 0.29) is 15.7 Å². The van der Waals surface area contributed by atoms with Crippen LogP contribution in [0.4, 0.5) is 5.69 Å². The first-order chi connectivity index (χ1) is 11.5. The molecular formula is C18H14Cl2N2O2. The summed E-state index contributed by atoms with van der Waals surface area (Å²) in [6.45, 7) is 0. The number of nitro groups is 1. The van der Waals surface area contributed by atoms with Crippen molar-refractivity contribution in [2.75, 3.05) is 0 Å². The predicted octanol–water partition coefficient (Wildman–Crippen LogP) is 5.78. The fourth-order valence-corrected chi connectivity index (χ4v) is 3.66. The van der Waals surface area contributed by atoms with Crippen molar-refractivity contribution in [1.29, 1.82) is 5.26 Å². The van der Waals surface area contributed by atoms with Crippen molar-refractivity contribution < 1.29 is 4.92 Å². The molecule has 0 bridgehead atoms. The Hall–Kier alpha value is -2.09. The van der Waals surface area contributed by atoms with Gasteiger partial charge in [-0.3, -0.25) is 10.1 Å². The molecule has 1 aliphatic rings. The minimum absolute atomic E-state index is 0.157. The second-order valence-electron chi connectivity index (χ2n) is 6.03. The molecule has 0 aromatic heterocycles. The number of hydrogen-bond acceptors (Lipinski definition) is 3. The molecule has 0 spiro atoms. The predicted molar refractivity (Wildman–Crippen MR) is 94.3 cm³/mol. The van der Waals surface area contributed by atoms with Crippen molar-refractivity contribution in [3.05, 3.63) is 61.6 Å². The van der Waals surface area contributed by atoms with Crippen molar-refractivity contribution >= 4 is 28.9 Å². The Bertz CT molecular complexity index is 832. The van der Waals surface area contributed by atoms with Gasteiger partial charge in [0.15, 0.2) is 0 Å². The minimum atomic E-state index is -0.538. The second-order valence-corrected chi connectivity index (χ2v) is 6.84. The first-order valence-electron chi connectivity index (χ1n) is 7.66. The summed E-state index contributed by atoms with van der Waals surface area (Å²) in [5.74, 6) is 0.662. The van der Waals surface area contributed by atoms with Gasteiger partial charge in [-0.1, -0.05) is 54.6 Å². The summed E-state index contributed by atoms with van der Waals surface area (Å²) in [5.41, 5.74) is 2.67. The molecule has 0 aliphatic heterocycles. The standard InChI is InChI=1S/C18H14Cl2N2O2/c19-16-8-15(22(23)24)9-17(20)18(16)13-5-4-12(14(7-13)10-21)6-11-2-1-3-11/h4-5,7-9,11H,1-3,6H2. The lowest BCUT2D eigenvalue weighted by atomic mass is 9.80. The first kappa shape index (κ1) is 16.8. The second kappa shape index (κ2) is 6.80. The Morgan fingerprint density at radius 3 is 2.38 bits per heavy atom. The van der Waals surface area contributed by atoms with Gasteiger partial charge in [-0.05, 0) is 29.5 Å². The Balaban J connectivity index is 2.01. The van der Waals surface area contributed by atoms with Gasteiger partial charge in [0, 0.05) is 17.7 Å². The lowest BCUT2D eigenvalue weighted by molar-refractivity contribution is -0.384. The monoisotopic (exact) mass is 360 g/mol. The van der Waals surface area contributed by atoms with Crippen LogP contribution in [0.25, 0.3) is 11.1 Å². The van der Waals surface area contributed by atoms with Gasteiger partial charge in [0.05, 0.1) is 26.6 Å². The number of rotatable bonds is 4. The van der Waals surface area contributed by atoms with Gasteiger partial charge < -0.3 is 0 Å². The van der Waals surface area contributed by atoms with Crippen LogP contribution in [-0.2, 0) is 6.42 Å². The molecule has 0 saturated heterocycles. The lowest BCUT2D eigenvalue weighted by Gasteiger charge is -2.25. The minimum Gasteiger partial charge on any atom is -0.258 e. The van der Waals surface area contributed by atoms with Crippen molar-refractivity contribution in [2.24, 2.45) is 5.92 Å². The summed E-state index contributed by atoms with van der Waals surface area (Å²) in [5, 5.41) is 20.7. The zero-order chi connectivity index (χ0) is 17.3. The summed E-state index contributed by atoms with van der Waals surface area (Å²) >= 11 is 12.4. The topological polar surface area (TPSA) is 66.9 Å². The van der Waals surface area contributed by atoms with Gasteiger partial charge in [-0.15, -0.1) is 0 Å². The van der Waals surface area contributed by atoms with E-state index in [1.54, 1.807) is 6.07 Å². The SMILES string of the molecule is N#Cc1cc(-c2c(Cl)cc([N+](=O)[O-])cc2Cl)ccc1CC1CCC1. The van der Waals surface area contributed by atoms with Crippen LogP contribution in [0.15, 0.2) is 30.3 Å². The third-order valence-electron chi connectivity index (χ3n) is 4.49. The van der Waals surface area contributed by atoms with Crippen molar-refractivity contribution in [1.82, 2.24) is 0 Å². The molecule has 122 valence electrons. The molecule has 1 saturated carbocycles. The highest BCUT2D eigenvalue weighted by Gasteiger charge is 2.20. The molecule has 0 unspecified atom stereocenters. The lowest BCUT2D eigenvalue weighted by Crippen LogP contribution is -2.14. The van der Waals surface area contributed by atoms with Crippen molar-refractivity contribution in [2.45, 2.75) is 25.7 Å². The van der Waals surface area contributed by atoms with Gasteiger partial charge in [-0.2, -0.15) is 5.26 Å². The Labute approximate surface area is 149 Å². The first-order valence-corrected chi connectivity index (χ1v) is 8.42. The molecule has 0 atom stereocenters. The van der Waals surface area contributed by atoms with Crippen LogP contribution in [0.5, 0.6) is 0 Å². The molecule has 2 aromatic carbocycles. The molecule has 0 heterocycles. The van der Waals surface area contributed by atoms with Crippen molar-refractivity contribution in [3.8, 4) is 17.2 Å².